The second kappa shape index (κ2) is 9.80. The van der Waals surface area contributed by atoms with Crippen LogP contribution in [0, 0.1) is 5.82 Å². The summed E-state index contributed by atoms with van der Waals surface area (Å²) in [6.07, 6.45) is 0.795. The third kappa shape index (κ3) is 5.18. The molecule has 0 saturated carbocycles. The van der Waals surface area contributed by atoms with Gasteiger partial charge in [0.2, 0.25) is 5.91 Å². The van der Waals surface area contributed by atoms with Crippen LogP contribution in [0.3, 0.4) is 0 Å². The normalized spacial score (nSPS) is 19.7. The smallest absolute Gasteiger partial charge is 0.239 e. The average molecular weight is 384 g/mol. The summed E-state index contributed by atoms with van der Waals surface area (Å²) >= 11 is 0. The lowest BCUT2D eigenvalue weighted by atomic mass is 10.1. The molecule has 0 aromatic heterocycles. The molecule has 2 aromatic rings. The number of nitrogens with zero attached hydrogens (tertiary/aromatic N) is 2. The number of amides is 1. The van der Waals surface area contributed by atoms with Gasteiger partial charge in [-0.05, 0) is 43.5 Å². The Hall–Kier alpha value is -2.24. The molecule has 1 aliphatic heterocycles. The molecule has 0 unspecified atom stereocenters. The maximum absolute atomic E-state index is 13.1. The van der Waals surface area contributed by atoms with E-state index in [-0.39, 0.29) is 23.8 Å². The molecular formula is C23H30FN3O. The van der Waals surface area contributed by atoms with Crippen LogP contribution in [0.25, 0.3) is 0 Å². The Bertz CT molecular complexity index is 746. The zero-order valence-corrected chi connectivity index (χ0v) is 16.8. The maximum atomic E-state index is 13.1. The van der Waals surface area contributed by atoms with Gasteiger partial charge in [-0.25, -0.2) is 4.39 Å². The van der Waals surface area contributed by atoms with Crippen molar-refractivity contribution in [2.75, 3.05) is 19.6 Å². The molecule has 2 atom stereocenters. The molecule has 3 rings (SSSR count). The number of benzene rings is 2. The van der Waals surface area contributed by atoms with Crippen molar-refractivity contribution in [2.24, 2.45) is 0 Å². The van der Waals surface area contributed by atoms with Gasteiger partial charge in [0.1, 0.15) is 5.82 Å². The molecule has 5 heteroatoms. The van der Waals surface area contributed by atoms with Crippen molar-refractivity contribution in [3.05, 3.63) is 71.5 Å². The fourth-order valence-electron chi connectivity index (χ4n) is 3.91. The van der Waals surface area contributed by atoms with E-state index in [0.717, 1.165) is 38.2 Å². The van der Waals surface area contributed by atoms with Crippen LogP contribution in [0.15, 0.2) is 54.6 Å². The standard InChI is InChI=1S/C23H30FN3O/c1-3-26(4-2)23(28)22-14-21(25-15-18-10-12-20(24)13-11-18)17-27(22)16-19-8-6-5-7-9-19/h5-13,21-22,25H,3-4,14-17H2,1-2H3/t21-,22+/m1/s1. The van der Waals surface area contributed by atoms with Crippen molar-refractivity contribution < 1.29 is 9.18 Å². The van der Waals surface area contributed by atoms with Crippen LogP contribution in [-0.2, 0) is 17.9 Å². The number of nitrogens with one attached hydrogen (secondary N) is 1. The van der Waals surface area contributed by atoms with Gasteiger partial charge in [0.25, 0.3) is 0 Å². The third-order valence-corrected chi connectivity index (χ3v) is 5.50. The number of carbonyl (C=O) groups is 1. The second-order valence-electron chi connectivity index (χ2n) is 7.38. The Balaban J connectivity index is 1.68. The van der Waals surface area contributed by atoms with Crippen LogP contribution < -0.4 is 5.32 Å². The van der Waals surface area contributed by atoms with Crippen LogP contribution in [0.4, 0.5) is 4.39 Å². The maximum Gasteiger partial charge on any atom is 0.239 e. The van der Waals surface area contributed by atoms with E-state index < -0.39 is 0 Å². The van der Waals surface area contributed by atoms with Gasteiger partial charge >= 0.3 is 0 Å². The summed E-state index contributed by atoms with van der Waals surface area (Å²) in [7, 11) is 0. The topological polar surface area (TPSA) is 35.6 Å². The van der Waals surface area contributed by atoms with Crippen LogP contribution in [-0.4, -0.2) is 47.4 Å². The largest absolute Gasteiger partial charge is 0.342 e. The number of hydrogen-bond acceptors (Lipinski definition) is 3. The quantitative estimate of drug-likeness (QED) is 0.759. The SMILES string of the molecule is CCN(CC)C(=O)[C@@H]1C[C@@H](NCc2ccc(F)cc2)CN1Cc1ccccc1. The van der Waals surface area contributed by atoms with Crippen molar-refractivity contribution in [1.82, 2.24) is 15.1 Å². The highest BCUT2D eigenvalue weighted by molar-refractivity contribution is 5.82. The Morgan fingerprint density at radius 2 is 1.75 bits per heavy atom. The first-order valence-electron chi connectivity index (χ1n) is 10.1. The fraction of sp³-hybridized carbons (Fsp3) is 0.435. The molecule has 1 N–H and O–H groups in total. The molecule has 0 spiro atoms. The van der Waals surface area contributed by atoms with Gasteiger partial charge in [-0.15, -0.1) is 0 Å². The van der Waals surface area contributed by atoms with Gasteiger partial charge in [0, 0.05) is 38.8 Å². The highest BCUT2D eigenvalue weighted by Gasteiger charge is 2.37. The molecular weight excluding hydrogens is 353 g/mol. The minimum atomic E-state index is -0.219. The summed E-state index contributed by atoms with van der Waals surface area (Å²) in [5, 5.41) is 3.56. The van der Waals surface area contributed by atoms with Gasteiger partial charge in [0.15, 0.2) is 0 Å². The van der Waals surface area contributed by atoms with E-state index >= 15 is 0 Å². The van der Waals surface area contributed by atoms with E-state index in [1.54, 1.807) is 12.1 Å². The number of likely N-dealkylation sites (N-methyl/N-ethyl adjacent to an activating group) is 1. The summed E-state index contributed by atoms with van der Waals surface area (Å²) in [6, 6.07) is 17.0. The molecule has 1 amide bonds. The van der Waals surface area contributed by atoms with E-state index in [1.165, 1.54) is 17.7 Å². The molecule has 2 aromatic carbocycles. The number of rotatable bonds is 8. The third-order valence-electron chi connectivity index (χ3n) is 5.50. The van der Waals surface area contributed by atoms with Crippen LogP contribution >= 0.6 is 0 Å². The number of hydrogen-bond donors (Lipinski definition) is 1. The lowest BCUT2D eigenvalue weighted by Gasteiger charge is -2.28. The Morgan fingerprint density at radius 1 is 1.07 bits per heavy atom. The van der Waals surface area contributed by atoms with Crippen molar-refractivity contribution in [3.63, 3.8) is 0 Å². The number of halogens is 1. The van der Waals surface area contributed by atoms with E-state index in [1.807, 2.05) is 36.9 Å². The van der Waals surface area contributed by atoms with Gasteiger partial charge < -0.3 is 10.2 Å². The summed E-state index contributed by atoms with van der Waals surface area (Å²) < 4.78 is 13.1. The first-order chi connectivity index (χ1) is 13.6. The summed E-state index contributed by atoms with van der Waals surface area (Å²) in [6.45, 7) is 7.80. The first-order valence-corrected chi connectivity index (χ1v) is 10.1. The highest BCUT2D eigenvalue weighted by Crippen LogP contribution is 2.23. The molecule has 4 nitrogen and oxygen atoms in total. The Kier molecular flexibility index (Phi) is 7.18. The fourth-order valence-corrected chi connectivity index (χ4v) is 3.91. The first kappa shape index (κ1) is 20.5. The van der Waals surface area contributed by atoms with Gasteiger partial charge in [-0.3, -0.25) is 9.69 Å². The summed E-state index contributed by atoms with van der Waals surface area (Å²) in [4.78, 5) is 17.3. The molecule has 0 radical (unpaired) electrons. The van der Waals surface area contributed by atoms with Gasteiger partial charge in [-0.1, -0.05) is 42.5 Å². The molecule has 1 saturated heterocycles. The number of carbonyl (C=O) groups excluding carboxylic acids is 1. The van der Waals surface area contributed by atoms with Crippen LogP contribution in [0.2, 0.25) is 0 Å². The predicted molar refractivity (Wildman–Crippen MR) is 110 cm³/mol. The second-order valence-corrected chi connectivity index (χ2v) is 7.38. The molecule has 0 bridgehead atoms. The Labute approximate surface area is 167 Å². The van der Waals surface area contributed by atoms with E-state index in [2.05, 4.69) is 22.3 Å². The molecule has 150 valence electrons. The lowest BCUT2D eigenvalue weighted by molar-refractivity contribution is -0.135. The minimum Gasteiger partial charge on any atom is -0.342 e. The lowest BCUT2D eigenvalue weighted by Crippen LogP contribution is -2.45. The van der Waals surface area contributed by atoms with Crippen LogP contribution in [0.1, 0.15) is 31.4 Å². The average Bonchev–Trinajstić information content (AvgIpc) is 3.12. The van der Waals surface area contributed by atoms with E-state index in [0.29, 0.717) is 6.54 Å². The molecule has 1 fully saturated rings. The molecule has 1 heterocycles. The highest BCUT2D eigenvalue weighted by atomic mass is 19.1. The predicted octanol–water partition coefficient (Wildman–Crippen LogP) is 3.43. The van der Waals surface area contributed by atoms with Crippen molar-refractivity contribution >= 4 is 5.91 Å². The molecule has 28 heavy (non-hydrogen) atoms. The van der Waals surface area contributed by atoms with Crippen molar-refractivity contribution in [3.8, 4) is 0 Å². The monoisotopic (exact) mass is 383 g/mol. The van der Waals surface area contributed by atoms with Gasteiger partial charge in [-0.2, -0.15) is 0 Å². The van der Waals surface area contributed by atoms with Crippen molar-refractivity contribution in [1.29, 1.82) is 0 Å². The molecule has 1 aliphatic rings. The van der Waals surface area contributed by atoms with Crippen molar-refractivity contribution in [2.45, 2.75) is 45.4 Å². The minimum absolute atomic E-state index is 0.106. The zero-order chi connectivity index (χ0) is 19.9. The zero-order valence-electron chi connectivity index (χ0n) is 16.8. The van der Waals surface area contributed by atoms with E-state index in [4.69, 9.17) is 0 Å². The van der Waals surface area contributed by atoms with Crippen LogP contribution in [0.5, 0.6) is 0 Å². The van der Waals surface area contributed by atoms with E-state index in [9.17, 15) is 9.18 Å². The van der Waals surface area contributed by atoms with Gasteiger partial charge in [0.05, 0.1) is 6.04 Å². The Morgan fingerprint density at radius 3 is 2.39 bits per heavy atom. The summed E-state index contributed by atoms with van der Waals surface area (Å²) in [5.41, 5.74) is 2.27. The summed E-state index contributed by atoms with van der Waals surface area (Å²) in [5.74, 6) is -0.00412. The molecule has 0 aliphatic carbocycles. The number of likely N-dealkylation sites (tertiary alicyclic amines) is 1.